The Morgan fingerprint density at radius 1 is 0.722 bits per heavy atom. The van der Waals surface area contributed by atoms with Gasteiger partial charge in [0.15, 0.2) is 5.82 Å². The quantitative estimate of drug-likeness (QED) is 0.285. The number of fused-ring (bicyclic) bond motifs is 3. The summed E-state index contributed by atoms with van der Waals surface area (Å²) in [7, 11) is 0. The van der Waals surface area contributed by atoms with Gasteiger partial charge in [-0.2, -0.15) is 4.98 Å². The summed E-state index contributed by atoms with van der Waals surface area (Å²) >= 11 is 0. The molecule has 1 N–H and O–H groups in total. The maximum Gasteiger partial charge on any atom is 0.217 e. The molecule has 0 saturated heterocycles. The summed E-state index contributed by atoms with van der Waals surface area (Å²) in [6.07, 6.45) is -0.0451. The molecule has 0 radical (unpaired) electrons. The molecule has 0 saturated carbocycles. The molecule has 6 aromatic rings. The first-order valence-corrected chi connectivity index (χ1v) is 12.0. The normalized spacial score (nSPS) is 11.4. The number of nitrogens with zero attached hydrogens (tertiary/aromatic N) is 3. The lowest BCUT2D eigenvalue weighted by Crippen LogP contribution is -2.08. The third kappa shape index (κ3) is 3.85. The molecule has 0 fully saturated rings. The zero-order chi connectivity index (χ0) is 24.6. The molecule has 0 aliphatic rings. The van der Waals surface area contributed by atoms with Crippen molar-refractivity contribution < 1.29 is 9.84 Å². The number of phenolic OH excluding ortho intramolecular Hbond substituents is 1. The van der Waals surface area contributed by atoms with Crippen molar-refractivity contribution in [2.45, 2.75) is 20.0 Å². The van der Waals surface area contributed by atoms with Crippen molar-refractivity contribution in [2.24, 2.45) is 0 Å². The van der Waals surface area contributed by atoms with E-state index >= 15 is 0 Å². The largest absolute Gasteiger partial charge is 0.507 e. The molecular formula is C31H25N3O2. The highest BCUT2D eigenvalue weighted by Crippen LogP contribution is 2.36. The van der Waals surface area contributed by atoms with Crippen LogP contribution in [0, 0.1) is 0 Å². The van der Waals surface area contributed by atoms with Gasteiger partial charge in [0, 0.05) is 28.1 Å². The molecule has 6 rings (SSSR count). The number of ether oxygens (including phenoxy) is 1. The van der Waals surface area contributed by atoms with Gasteiger partial charge in [-0.05, 0) is 56.3 Å². The predicted octanol–water partition coefficient (Wildman–Crippen LogP) is 7.40. The summed E-state index contributed by atoms with van der Waals surface area (Å²) in [6.45, 7) is 3.93. The molecule has 5 heteroatoms. The predicted molar refractivity (Wildman–Crippen MR) is 145 cm³/mol. The third-order valence-corrected chi connectivity index (χ3v) is 6.19. The molecular weight excluding hydrogens is 446 g/mol. The van der Waals surface area contributed by atoms with Crippen LogP contribution in [0.25, 0.3) is 50.1 Å². The van der Waals surface area contributed by atoms with Crippen LogP contribution in [-0.4, -0.2) is 25.7 Å². The van der Waals surface area contributed by atoms with Gasteiger partial charge >= 0.3 is 0 Å². The Labute approximate surface area is 209 Å². The van der Waals surface area contributed by atoms with E-state index in [9.17, 15) is 5.11 Å². The molecule has 0 amide bonds. The molecule has 0 atom stereocenters. The van der Waals surface area contributed by atoms with Crippen molar-refractivity contribution in [3.63, 3.8) is 0 Å². The third-order valence-electron chi connectivity index (χ3n) is 6.19. The number of rotatable bonds is 5. The first kappa shape index (κ1) is 21.9. The van der Waals surface area contributed by atoms with Crippen LogP contribution in [0.2, 0.25) is 0 Å². The first-order valence-electron chi connectivity index (χ1n) is 12.0. The van der Waals surface area contributed by atoms with Gasteiger partial charge in [-0.3, -0.25) is 0 Å². The molecule has 4 aromatic carbocycles. The summed E-state index contributed by atoms with van der Waals surface area (Å²) in [6, 6.07) is 34.2. The van der Waals surface area contributed by atoms with Gasteiger partial charge in [-0.25, -0.2) is 4.98 Å². The maximum absolute atomic E-state index is 10.4. The smallest absolute Gasteiger partial charge is 0.217 e. The lowest BCUT2D eigenvalue weighted by atomic mass is 10.1. The molecule has 0 aliphatic heterocycles. The topological polar surface area (TPSA) is 60.2 Å². The second-order valence-electron chi connectivity index (χ2n) is 9.02. The van der Waals surface area contributed by atoms with E-state index in [2.05, 4.69) is 76.3 Å². The van der Waals surface area contributed by atoms with Crippen LogP contribution in [0.5, 0.6) is 11.6 Å². The van der Waals surface area contributed by atoms with Crippen LogP contribution in [0.3, 0.4) is 0 Å². The minimum absolute atomic E-state index is 0.0451. The lowest BCUT2D eigenvalue weighted by Gasteiger charge is -2.13. The second kappa shape index (κ2) is 8.86. The molecule has 36 heavy (non-hydrogen) atoms. The van der Waals surface area contributed by atoms with Crippen LogP contribution < -0.4 is 4.74 Å². The number of hydrogen-bond acceptors (Lipinski definition) is 4. The summed E-state index contributed by atoms with van der Waals surface area (Å²) in [5.41, 5.74) is 5.64. The van der Waals surface area contributed by atoms with Crippen LogP contribution in [-0.2, 0) is 0 Å². The highest BCUT2D eigenvalue weighted by molar-refractivity contribution is 6.10. The number of para-hydroxylation sites is 3. The van der Waals surface area contributed by atoms with E-state index in [1.807, 2.05) is 38.1 Å². The van der Waals surface area contributed by atoms with Crippen molar-refractivity contribution in [3.8, 4) is 40.0 Å². The lowest BCUT2D eigenvalue weighted by molar-refractivity contribution is 0.232. The van der Waals surface area contributed by atoms with Gasteiger partial charge in [0.1, 0.15) is 5.75 Å². The average molecular weight is 472 g/mol. The Morgan fingerprint density at radius 2 is 1.44 bits per heavy atom. The van der Waals surface area contributed by atoms with Gasteiger partial charge < -0.3 is 14.4 Å². The molecule has 0 aliphatic carbocycles. The fourth-order valence-corrected chi connectivity index (χ4v) is 4.65. The fraction of sp³-hybridized carbons (Fsp3) is 0.0968. The zero-order valence-electron chi connectivity index (χ0n) is 20.1. The van der Waals surface area contributed by atoms with E-state index in [-0.39, 0.29) is 11.9 Å². The second-order valence-corrected chi connectivity index (χ2v) is 9.02. The Balaban J connectivity index is 1.57. The standard InChI is InChI=1S/C31H25N3O2/c1-20(2)36-30-19-26(32-31(33-30)24-13-7-9-15-29(24)35)21-16-17-28-25(18-21)23-12-6-8-14-27(23)34(28)22-10-4-3-5-11-22/h3-20,35H,1-2H3. The molecule has 2 heterocycles. The van der Waals surface area contributed by atoms with E-state index in [1.165, 1.54) is 5.39 Å². The first-order chi connectivity index (χ1) is 17.6. The minimum atomic E-state index is -0.0451. The van der Waals surface area contributed by atoms with Gasteiger partial charge in [0.2, 0.25) is 5.88 Å². The van der Waals surface area contributed by atoms with Gasteiger partial charge in [-0.15, -0.1) is 0 Å². The Bertz CT molecular complexity index is 1700. The van der Waals surface area contributed by atoms with Crippen LogP contribution in [0.4, 0.5) is 0 Å². The van der Waals surface area contributed by atoms with Crippen LogP contribution in [0.15, 0.2) is 103 Å². The summed E-state index contributed by atoms with van der Waals surface area (Å²) in [5, 5.41) is 12.8. The van der Waals surface area contributed by atoms with E-state index in [4.69, 9.17) is 9.72 Å². The molecule has 176 valence electrons. The Morgan fingerprint density at radius 3 is 2.25 bits per heavy atom. The highest BCUT2D eigenvalue weighted by atomic mass is 16.5. The number of aromatic hydroxyl groups is 1. The van der Waals surface area contributed by atoms with E-state index in [0.29, 0.717) is 17.3 Å². The molecule has 0 spiro atoms. The summed E-state index contributed by atoms with van der Waals surface area (Å²) in [5.74, 6) is 1.03. The zero-order valence-corrected chi connectivity index (χ0v) is 20.1. The van der Waals surface area contributed by atoms with Crippen molar-refractivity contribution in [2.75, 3.05) is 0 Å². The minimum Gasteiger partial charge on any atom is -0.507 e. The van der Waals surface area contributed by atoms with E-state index in [1.54, 1.807) is 12.1 Å². The van der Waals surface area contributed by atoms with Crippen LogP contribution >= 0.6 is 0 Å². The maximum atomic E-state index is 10.4. The number of aromatic nitrogens is 3. The SMILES string of the molecule is CC(C)Oc1cc(-c2ccc3c(c2)c2ccccc2n3-c2ccccc2)nc(-c2ccccc2O)n1. The van der Waals surface area contributed by atoms with Crippen molar-refractivity contribution in [3.05, 3.63) is 103 Å². The van der Waals surface area contributed by atoms with Crippen LogP contribution in [0.1, 0.15) is 13.8 Å². The number of benzene rings is 4. The van der Waals surface area contributed by atoms with Crippen molar-refractivity contribution in [1.29, 1.82) is 0 Å². The van der Waals surface area contributed by atoms with Crippen molar-refractivity contribution in [1.82, 2.24) is 14.5 Å². The summed E-state index contributed by atoms with van der Waals surface area (Å²) in [4.78, 5) is 9.42. The Kier molecular flexibility index (Phi) is 5.38. The molecule has 0 bridgehead atoms. The Hall–Kier alpha value is -4.64. The summed E-state index contributed by atoms with van der Waals surface area (Å²) < 4.78 is 8.25. The average Bonchev–Trinajstić information content (AvgIpc) is 3.22. The number of hydrogen-bond donors (Lipinski definition) is 1. The highest BCUT2D eigenvalue weighted by Gasteiger charge is 2.16. The van der Waals surface area contributed by atoms with E-state index in [0.717, 1.165) is 33.4 Å². The fourth-order valence-electron chi connectivity index (χ4n) is 4.65. The van der Waals surface area contributed by atoms with Gasteiger partial charge in [0.25, 0.3) is 0 Å². The van der Waals surface area contributed by atoms with Gasteiger partial charge in [0.05, 0.1) is 28.4 Å². The van der Waals surface area contributed by atoms with Gasteiger partial charge in [-0.1, -0.05) is 54.6 Å². The molecule has 5 nitrogen and oxygen atoms in total. The van der Waals surface area contributed by atoms with Crippen molar-refractivity contribution >= 4 is 21.8 Å². The van der Waals surface area contributed by atoms with E-state index < -0.39 is 0 Å². The number of phenols is 1. The monoisotopic (exact) mass is 471 g/mol. The molecule has 0 unspecified atom stereocenters. The molecule has 2 aromatic heterocycles.